The van der Waals surface area contributed by atoms with Gasteiger partial charge < -0.3 is 8.83 Å². The van der Waals surface area contributed by atoms with Crippen molar-refractivity contribution in [3.8, 4) is 100 Å². The SMILES string of the molecule is c1cc(-c2ccc3oc4ccc(-c5ccc6c(c5)C5(c7ccccc7-c7ccccc75)c5ccccc5-6)cc4c3c2)cc(-c2cnc3c4ccccc4c4ccccc4c3n2)c1.c1ccc(-c2ccc(-c3ccc4oc5ccc(-c6cccc(-c7cnc8c9ccccc9c9ccccc9c8n7)c6)cc5c4c3)cc2)cc1. The van der Waals surface area contributed by atoms with Crippen LogP contribution in [0, 0.1) is 0 Å². The van der Waals surface area contributed by atoms with Gasteiger partial charge in [0.25, 0.3) is 0 Å². The average Bonchev–Trinajstić information content (AvgIpc) is 1.51. The molecule has 6 heteroatoms. The number of rotatable bonds is 7. The van der Waals surface area contributed by atoms with Gasteiger partial charge in [-0.1, -0.05) is 297 Å². The van der Waals surface area contributed by atoms with Crippen LogP contribution in [0.15, 0.2) is 385 Å². The van der Waals surface area contributed by atoms with E-state index in [4.69, 9.17) is 28.8 Å². The fraction of sp³-hybridized carbons (Fsp3) is 0.00952. The Morgan fingerprint density at radius 1 is 0.180 bits per heavy atom. The van der Waals surface area contributed by atoms with Crippen LogP contribution in [0.1, 0.15) is 22.3 Å². The summed E-state index contributed by atoms with van der Waals surface area (Å²) in [6.07, 6.45) is 3.82. The third-order valence-electron chi connectivity index (χ3n) is 23.4. The molecule has 0 bridgehead atoms. The largest absolute Gasteiger partial charge is 0.456 e. The van der Waals surface area contributed by atoms with Gasteiger partial charge in [0.1, 0.15) is 22.3 Å². The van der Waals surface area contributed by atoms with Gasteiger partial charge in [0.05, 0.1) is 51.3 Å². The molecule has 6 nitrogen and oxygen atoms in total. The molecule has 24 rings (SSSR count). The van der Waals surface area contributed by atoms with Crippen LogP contribution in [0.2, 0.25) is 0 Å². The molecule has 2 aliphatic carbocycles. The number of hydrogen-bond donors (Lipinski definition) is 0. The van der Waals surface area contributed by atoms with Crippen LogP contribution < -0.4 is 0 Å². The summed E-state index contributed by atoms with van der Waals surface area (Å²) in [4.78, 5) is 20.5. The van der Waals surface area contributed by atoms with E-state index in [1.54, 1.807) is 0 Å². The van der Waals surface area contributed by atoms with Crippen molar-refractivity contribution in [3.05, 3.63) is 399 Å². The van der Waals surface area contributed by atoms with Gasteiger partial charge >= 0.3 is 0 Å². The lowest BCUT2D eigenvalue weighted by Crippen LogP contribution is -2.25. The predicted molar refractivity (Wildman–Crippen MR) is 458 cm³/mol. The molecule has 0 aliphatic heterocycles. The summed E-state index contributed by atoms with van der Waals surface area (Å²) in [6, 6.07) is 131. The predicted octanol–water partition coefficient (Wildman–Crippen LogP) is 27.7. The Bertz CT molecular complexity index is 7530. The highest BCUT2D eigenvalue weighted by molar-refractivity contribution is 6.24. The maximum Gasteiger partial charge on any atom is 0.135 e. The summed E-state index contributed by atoms with van der Waals surface area (Å²) in [5.41, 5.74) is 32.8. The lowest BCUT2D eigenvalue weighted by molar-refractivity contribution is 0.668. The van der Waals surface area contributed by atoms with Crippen molar-refractivity contribution in [2.24, 2.45) is 0 Å². The van der Waals surface area contributed by atoms with Crippen LogP contribution >= 0.6 is 0 Å². The van der Waals surface area contributed by atoms with Crippen molar-refractivity contribution in [2.45, 2.75) is 5.41 Å². The van der Waals surface area contributed by atoms with Crippen molar-refractivity contribution in [1.82, 2.24) is 19.9 Å². The third-order valence-corrected chi connectivity index (χ3v) is 23.4. The second-order valence-corrected chi connectivity index (χ2v) is 29.4. The summed E-state index contributed by atoms with van der Waals surface area (Å²) < 4.78 is 12.8. The lowest BCUT2D eigenvalue weighted by Gasteiger charge is -2.30. The molecule has 0 saturated heterocycles. The molecular weight excluding hydrogens is 1350 g/mol. The molecule has 4 heterocycles. The highest BCUT2D eigenvalue weighted by Gasteiger charge is 2.51. The Hall–Kier alpha value is -14.7. The van der Waals surface area contributed by atoms with Gasteiger partial charge in [0.15, 0.2) is 0 Å². The zero-order valence-electron chi connectivity index (χ0n) is 59.9. The maximum atomic E-state index is 6.49. The van der Waals surface area contributed by atoms with Crippen molar-refractivity contribution >= 4 is 109 Å². The smallest absolute Gasteiger partial charge is 0.135 e. The minimum absolute atomic E-state index is 0.383. The molecule has 4 aromatic heterocycles. The summed E-state index contributed by atoms with van der Waals surface area (Å²) in [5, 5.41) is 13.7. The number of furan rings is 2. The fourth-order valence-electron chi connectivity index (χ4n) is 18.3. The molecule has 18 aromatic carbocycles. The molecule has 0 amide bonds. The highest BCUT2D eigenvalue weighted by Crippen LogP contribution is 2.63. The van der Waals surface area contributed by atoms with Gasteiger partial charge in [-0.05, 0) is 188 Å². The molecule has 514 valence electrons. The molecule has 22 aromatic rings. The molecular formula is C105H62N4O2. The van der Waals surface area contributed by atoms with Gasteiger partial charge in [-0.3, -0.25) is 9.97 Å². The molecule has 0 radical (unpaired) electrons. The monoisotopic (exact) mass is 1410 g/mol. The second-order valence-electron chi connectivity index (χ2n) is 29.4. The van der Waals surface area contributed by atoms with Crippen LogP contribution in [0.3, 0.4) is 0 Å². The van der Waals surface area contributed by atoms with E-state index in [0.29, 0.717) is 0 Å². The maximum absolute atomic E-state index is 6.49. The first-order valence-electron chi connectivity index (χ1n) is 37.9. The van der Waals surface area contributed by atoms with Crippen LogP contribution in [0.5, 0.6) is 0 Å². The quantitative estimate of drug-likeness (QED) is 0.148. The van der Waals surface area contributed by atoms with E-state index in [-0.39, 0.29) is 5.41 Å². The third kappa shape index (κ3) is 9.77. The van der Waals surface area contributed by atoms with Gasteiger partial charge in [-0.2, -0.15) is 0 Å². The van der Waals surface area contributed by atoms with E-state index in [0.717, 1.165) is 143 Å². The average molecular weight is 1410 g/mol. The first-order chi connectivity index (χ1) is 55.0. The van der Waals surface area contributed by atoms with Crippen molar-refractivity contribution in [2.75, 3.05) is 0 Å². The van der Waals surface area contributed by atoms with Gasteiger partial charge in [-0.15, -0.1) is 0 Å². The van der Waals surface area contributed by atoms with Crippen LogP contribution in [0.4, 0.5) is 0 Å². The molecule has 1 spiro atoms. The molecule has 2 aliphatic rings. The van der Waals surface area contributed by atoms with Crippen molar-refractivity contribution < 1.29 is 8.83 Å². The summed E-state index contributed by atoms with van der Waals surface area (Å²) in [6.45, 7) is 0. The van der Waals surface area contributed by atoms with Crippen LogP contribution in [-0.2, 0) is 5.41 Å². The van der Waals surface area contributed by atoms with E-state index in [1.807, 2.05) is 18.5 Å². The Morgan fingerprint density at radius 3 is 0.874 bits per heavy atom. The van der Waals surface area contributed by atoms with Crippen LogP contribution in [0.25, 0.3) is 209 Å². The number of aromatic nitrogens is 4. The lowest BCUT2D eigenvalue weighted by atomic mass is 9.70. The number of fused-ring (bicyclic) bond motifs is 28. The minimum Gasteiger partial charge on any atom is -0.456 e. The van der Waals surface area contributed by atoms with Crippen molar-refractivity contribution in [1.29, 1.82) is 0 Å². The fourth-order valence-corrected chi connectivity index (χ4v) is 18.3. The standard InChI is InChI=1S/C59H34N2O.C46H28N2O/c1-3-19-46-40(14-1)41-15-2-4-20-47(41)58-57(46)60-34-54(61-58)39-13-11-12-35(30-39)36-25-28-55-48(31-36)49-32-37(26-29-56(49)62-55)38-24-27-45-44-18-7-10-23-52(44)59(53(45)33-38)50-21-8-5-16-42(50)43-17-6-9-22-51(43)59;1-2-9-29(10-3-1)30-17-19-31(20-18-30)33-21-23-43-40(26-33)41-27-34(22-24-44(41)49-43)32-11-8-12-35(25-32)42-28-47-45-38-15-6-4-13-36(38)37-14-5-7-16-39(37)46(45)48-42/h1-34H;1-28H. The minimum atomic E-state index is -0.383. The second kappa shape index (κ2) is 24.7. The molecule has 0 unspecified atom stereocenters. The van der Waals surface area contributed by atoms with Gasteiger partial charge in [0, 0.05) is 54.2 Å². The van der Waals surface area contributed by atoms with E-state index < -0.39 is 0 Å². The Kier molecular flexibility index (Phi) is 13.9. The summed E-state index contributed by atoms with van der Waals surface area (Å²) >= 11 is 0. The Balaban J connectivity index is 0.000000137. The van der Waals surface area contributed by atoms with Gasteiger partial charge in [0.2, 0.25) is 0 Å². The Morgan fingerprint density at radius 2 is 0.459 bits per heavy atom. The topological polar surface area (TPSA) is 77.8 Å². The van der Waals surface area contributed by atoms with Crippen molar-refractivity contribution in [3.63, 3.8) is 0 Å². The number of hydrogen-bond acceptors (Lipinski definition) is 6. The molecule has 111 heavy (non-hydrogen) atoms. The van der Waals surface area contributed by atoms with E-state index in [2.05, 4.69) is 358 Å². The van der Waals surface area contributed by atoms with Gasteiger partial charge in [-0.25, -0.2) is 9.97 Å². The zero-order chi connectivity index (χ0) is 72.8. The van der Waals surface area contributed by atoms with E-state index in [9.17, 15) is 0 Å². The molecule has 0 fully saturated rings. The summed E-state index contributed by atoms with van der Waals surface area (Å²) in [5.74, 6) is 0. The number of nitrogens with zero attached hydrogens (tertiary/aromatic N) is 4. The first kappa shape index (κ1) is 62.5. The highest BCUT2D eigenvalue weighted by atomic mass is 16.3. The summed E-state index contributed by atoms with van der Waals surface area (Å²) in [7, 11) is 0. The number of benzene rings is 18. The first-order valence-corrected chi connectivity index (χ1v) is 37.9. The zero-order valence-corrected chi connectivity index (χ0v) is 59.9. The van der Waals surface area contributed by atoms with Crippen LogP contribution in [-0.4, -0.2) is 19.9 Å². The van der Waals surface area contributed by atoms with E-state index >= 15 is 0 Å². The Labute approximate surface area is 638 Å². The van der Waals surface area contributed by atoms with E-state index in [1.165, 1.54) is 88.3 Å². The normalized spacial score (nSPS) is 12.6. The molecule has 0 atom stereocenters. The molecule has 0 N–H and O–H groups in total. The molecule has 0 saturated carbocycles.